The fraction of sp³-hybridized carbons (Fsp3) is 0.679. The van der Waals surface area contributed by atoms with Gasteiger partial charge < -0.3 is 15.5 Å². The first-order chi connectivity index (χ1) is 17.2. The predicted molar refractivity (Wildman–Crippen MR) is 140 cm³/mol. The van der Waals surface area contributed by atoms with Crippen molar-refractivity contribution in [1.82, 2.24) is 25.3 Å². The molecule has 0 unspecified atom stereocenters. The topological polar surface area (TPSA) is 85.0 Å². The summed E-state index contributed by atoms with van der Waals surface area (Å²) in [6.45, 7) is 13.1. The maximum absolute atomic E-state index is 13.1. The molecule has 0 aromatic heterocycles. The summed E-state index contributed by atoms with van der Waals surface area (Å²) in [6, 6.07) is 10.1. The summed E-state index contributed by atoms with van der Waals surface area (Å²) in [5, 5.41) is 5.82. The first kappa shape index (κ1) is 26.6. The van der Waals surface area contributed by atoms with Crippen molar-refractivity contribution >= 4 is 17.8 Å². The van der Waals surface area contributed by atoms with Gasteiger partial charge in [-0.25, -0.2) is 4.79 Å². The minimum atomic E-state index is -0.818. The van der Waals surface area contributed by atoms with Crippen LogP contribution in [0.1, 0.15) is 58.4 Å². The molecule has 1 saturated carbocycles. The Hall–Kier alpha value is -2.45. The first-order valence-electron chi connectivity index (χ1n) is 13.6. The number of hydrogen-bond acceptors (Lipinski definition) is 5. The maximum Gasteiger partial charge on any atom is 0.325 e. The molecule has 3 aliphatic rings. The van der Waals surface area contributed by atoms with Crippen LogP contribution in [0.15, 0.2) is 30.3 Å². The zero-order valence-electron chi connectivity index (χ0n) is 22.2. The quantitative estimate of drug-likeness (QED) is 0.426. The molecule has 36 heavy (non-hydrogen) atoms. The lowest BCUT2D eigenvalue weighted by Crippen LogP contribution is -2.51. The molecule has 1 aromatic carbocycles. The number of urea groups is 1. The molecule has 2 aliphatic heterocycles. The van der Waals surface area contributed by atoms with Gasteiger partial charge in [-0.1, -0.05) is 51.1 Å². The molecule has 8 nitrogen and oxygen atoms in total. The maximum atomic E-state index is 13.1. The van der Waals surface area contributed by atoms with Crippen molar-refractivity contribution in [3.63, 3.8) is 0 Å². The highest BCUT2D eigenvalue weighted by molar-refractivity contribution is 6.09. The molecule has 8 heteroatoms. The summed E-state index contributed by atoms with van der Waals surface area (Å²) in [4.78, 5) is 44.2. The Kier molecular flexibility index (Phi) is 8.35. The smallest absolute Gasteiger partial charge is 0.325 e. The lowest BCUT2D eigenvalue weighted by molar-refractivity contribution is -0.136. The number of rotatable bonds is 8. The molecule has 0 bridgehead atoms. The van der Waals surface area contributed by atoms with Crippen LogP contribution in [0.5, 0.6) is 0 Å². The standard InChI is InChI=1S/C28H43N5O3/c1-27(2,3)23-10-12-28(13-11-23)25(35)33(26(36)30-28)21-24(34)29-14-7-15-31-16-18-32(19-17-31)20-22-8-5-4-6-9-22/h4-6,8-9,23H,7,10-21H2,1-3H3,(H,29,34)(H,30,36). The number of amides is 4. The van der Waals surface area contributed by atoms with Crippen molar-refractivity contribution in [2.24, 2.45) is 11.3 Å². The van der Waals surface area contributed by atoms with Crippen LogP contribution in [-0.2, 0) is 16.1 Å². The van der Waals surface area contributed by atoms with Crippen LogP contribution in [0.4, 0.5) is 4.79 Å². The third-order valence-electron chi connectivity index (χ3n) is 8.30. The number of carbonyl (C=O) groups excluding carboxylic acids is 3. The van der Waals surface area contributed by atoms with Crippen LogP contribution >= 0.6 is 0 Å². The van der Waals surface area contributed by atoms with E-state index in [-0.39, 0.29) is 23.8 Å². The summed E-state index contributed by atoms with van der Waals surface area (Å²) in [7, 11) is 0. The van der Waals surface area contributed by atoms with E-state index in [0.717, 1.165) is 63.4 Å². The van der Waals surface area contributed by atoms with Crippen LogP contribution in [0.3, 0.4) is 0 Å². The van der Waals surface area contributed by atoms with Crippen molar-refractivity contribution in [3.05, 3.63) is 35.9 Å². The molecule has 2 saturated heterocycles. The number of hydrogen-bond donors (Lipinski definition) is 2. The lowest BCUT2D eigenvalue weighted by atomic mass is 9.67. The van der Waals surface area contributed by atoms with Gasteiger partial charge in [0.1, 0.15) is 12.1 Å². The summed E-state index contributed by atoms with van der Waals surface area (Å²) >= 11 is 0. The third-order valence-corrected chi connectivity index (χ3v) is 8.30. The van der Waals surface area contributed by atoms with Crippen molar-refractivity contribution < 1.29 is 14.4 Å². The number of nitrogens with zero attached hydrogens (tertiary/aromatic N) is 3. The van der Waals surface area contributed by atoms with Gasteiger partial charge in [0.2, 0.25) is 5.91 Å². The van der Waals surface area contributed by atoms with Crippen LogP contribution in [0.25, 0.3) is 0 Å². The second-order valence-corrected chi connectivity index (χ2v) is 11.9. The minimum Gasteiger partial charge on any atom is -0.354 e. The Morgan fingerprint density at radius 2 is 1.67 bits per heavy atom. The molecule has 2 heterocycles. The van der Waals surface area contributed by atoms with Gasteiger partial charge in [-0.2, -0.15) is 0 Å². The van der Waals surface area contributed by atoms with Gasteiger partial charge in [-0.05, 0) is 55.5 Å². The molecule has 1 aliphatic carbocycles. The first-order valence-corrected chi connectivity index (χ1v) is 13.6. The summed E-state index contributed by atoms with van der Waals surface area (Å²) in [5.74, 6) is 0.0343. The van der Waals surface area contributed by atoms with E-state index in [4.69, 9.17) is 0 Å². The number of imide groups is 1. The molecular formula is C28H43N5O3. The van der Waals surface area contributed by atoms with Crippen molar-refractivity contribution in [3.8, 4) is 0 Å². The van der Waals surface area contributed by atoms with Crippen LogP contribution in [0.2, 0.25) is 0 Å². The third kappa shape index (κ3) is 6.45. The Labute approximate surface area is 215 Å². The fourth-order valence-corrected chi connectivity index (χ4v) is 5.88. The Morgan fingerprint density at radius 3 is 2.31 bits per heavy atom. The van der Waals surface area contributed by atoms with Crippen molar-refractivity contribution in [2.45, 2.75) is 65.0 Å². The highest BCUT2D eigenvalue weighted by atomic mass is 16.2. The molecule has 198 valence electrons. The van der Waals surface area contributed by atoms with E-state index in [1.807, 2.05) is 6.07 Å². The molecule has 4 rings (SSSR count). The van der Waals surface area contributed by atoms with E-state index in [2.05, 4.69) is 65.5 Å². The summed E-state index contributed by atoms with van der Waals surface area (Å²) in [6.07, 6.45) is 3.97. The summed E-state index contributed by atoms with van der Waals surface area (Å²) in [5.41, 5.74) is 0.729. The van der Waals surface area contributed by atoms with Gasteiger partial charge in [0.15, 0.2) is 0 Å². The number of carbonyl (C=O) groups is 3. The number of nitrogens with one attached hydrogen (secondary N) is 2. The average Bonchev–Trinajstić information content (AvgIpc) is 3.07. The van der Waals surface area contributed by atoms with Gasteiger partial charge >= 0.3 is 6.03 Å². The van der Waals surface area contributed by atoms with Gasteiger partial charge in [0.25, 0.3) is 5.91 Å². The zero-order chi connectivity index (χ0) is 25.8. The van der Waals surface area contributed by atoms with E-state index in [9.17, 15) is 14.4 Å². The highest BCUT2D eigenvalue weighted by Crippen LogP contribution is 2.43. The minimum absolute atomic E-state index is 0.197. The zero-order valence-corrected chi connectivity index (χ0v) is 22.2. The van der Waals surface area contributed by atoms with E-state index < -0.39 is 11.6 Å². The number of piperazine rings is 1. The molecule has 1 spiro atoms. The molecule has 0 radical (unpaired) electrons. The van der Waals surface area contributed by atoms with Crippen LogP contribution in [0, 0.1) is 11.3 Å². The van der Waals surface area contributed by atoms with Crippen molar-refractivity contribution in [2.75, 3.05) is 45.8 Å². The van der Waals surface area contributed by atoms with Gasteiger partial charge in [-0.3, -0.25) is 19.4 Å². The molecule has 4 amide bonds. The molecule has 3 fully saturated rings. The fourth-order valence-electron chi connectivity index (χ4n) is 5.88. The summed E-state index contributed by atoms with van der Waals surface area (Å²) < 4.78 is 0. The average molecular weight is 498 g/mol. The Morgan fingerprint density at radius 1 is 1.03 bits per heavy atom. The molecule has 0 atom stereocenters. The molecular weight excluding hydrogens is 454 g/mol. The number of benzene rings is 1. The van der Waals surface area contributed by atoms with E-state index >= 15 is 0 Å². The second-order valence-electron chi connectivity index (χ2n) is 11.9. The lowest BCUT2D eigenvalue weighted by Gasteiger charge is -2.40. The van der Waals surface area contributed by atoms with Crippen LogP contribution in [-0.4, -0.2) is 83.9 Å². The van der Waals surface area contributed by atoms with Crippen molar-refractivity contribution in [1.29, 1.82) is 0 Å². The largest absolute Gasteiger partial charge is 0.354 e. The molecule has 2 N–H and O–H groups in total. The van der Waals surface area contributed by atoms with E-state index in [0.29, 0.717) is 25.3 Å². The highest BCUT2D eigenvalue weighted by Gasteiger charge is 2.53. The Balaban J connectivity index is 1.13. The van der Waals surface area contributed by atoms with E-state index in [1.165, 1.54) is 5.56 Å². The molecule has 1 aromatic rings. The van der Waals surface area contributed by atoms with E-state index in [1.54, 1.807) is 0 Å². The van der Waals surface area contributed by atoms with Gasteiger partial charge in [0, 0.05) is 39.3 Å². The van der Waals surface area contributed by atoms with Gasteiger partial charge in [0.05, 0.1) is 0 Å². The second kappa shape index (κ2) is 11.3. The monoisotopic (exact) mass is 497 g/mol. The Bertz CT molecular complexity index is 913. The normalized spacial score (nSPS) is 25.9. The van der Waals surface area contributed by atoms with Gasteiger partial charge in [-0.15, -0.1) is 0 Å². The van der Waals surface area contributed by atoms with Crippen LogP contribution < -0.4 is 10.6 Å². The predicted octanol–water partition coefficient (Wildman–Crippen LogP) is 2.84. The SMILES string of the molecule is CC(C)(C)C1CCC2(CC1)NC(=O)N(CC(=O)NCCCN1CCN(Cc3ccccc3)CC1)C2=O.